The van der Waals surface area contributed by atoms with Crippen LogP contribution < -0.4 is 5.32 Å². The number of allylic oxidation sites excluding steroid dienone is 4. The molecule has 4 heteroatoms. The van der Waals surface area contributed by atoms with Gasteiger partial charge in [0.05, 0.1) is 6.04 Å². The van der Waals surface area contributed by atoms with E-state index in [1.54, 1.807) is 0 Å². The van der Waals surface area contributed by atoms with E-state index in [1.807, 2.05) is 0 Å². The van der Waals surface area contributed by atoms with Crippen LogP contribution >= 0.6 is 0 Å². The Morgan fingerprint density at radius 1 is 0.522 bits per heavy atom. The smallest absolute Gasteiger partial charge is 0.306 e. The van der Waals surface area contributed by atoms with Gasteiger partial charge in [0, 0.05) is 12.8 Å². The van der Waals surface area contributed by atoms with Gasteiger partial charge in [-0.05, 0) is 83.5 Å². The number of ether oxygens (including phenoxy) is 1. The lowest BCUT2D eigenvalue weighted by Crippen LogP contribution is -2.47. The average molecular weight is 644 g/mol. The molecule has 0 heterocycles. The summed E-state index contributed by atoms with van der Waals surface area (Å²) in [7, 11) is 0. The van der Waals surface area contributed by atoms with E-state index in [9.17, 15) is 9.59 Å². The molecule has 2 atom stereocenters. The lowest BCUT2D eigenvalue weighted by atomic mass is 9.92. The predicted molar refractivity (Wildman–Crippen MR) is 199 cm³/mol. The van der Waals surface area contributed by atoms with Gasteiger partial charge in [-0.25, -0.2) is 0 Å². The molecule has 46 heavy (non-hydrogen) atoms. The molecular formula is C42H77NO3. The Bertz CT molecular complexity index is 683. The second kappa shape index (κ2) is 33.3. The highest BCUT2D eigenvalue weighted by Crippen LogP contribution is 2.23. The summed E-state index contributed by atoms with van der Waals surface area (Å²) in [5.41, 5.74) is 0. The number of amides is 1. The van der Waals surface area contributed by atoms with E-state index in [0.29, 0.717) is 12.8 Å². The number of carbonyl (C=O) groups is 2. The van der Waals surface area contributed by atoms with E-state index < -0.39 is 0 Å². The van der Waals surface area contributed by atoms with Gasteiger partial charge in [0.1, 0.15) is 6.10 Å². The van der Waals surface area contributed by atoms with E-state index >= 15 is 0 Å². The normalized spacial score (nSPS) is 16.8. The Morgan fingerprint density at radius 2 is 0.913 bits per heavy atom. The summed E-state index contributed by atoms with van der Waals surface area (Å²) in [6, 6.07) is -0.0116. The molecule has 1 fully saturated rings. The van der Waals surface area contributed by atoms with Gasteiger partial charge in [0.25, 0.3) is 0 Å². The van der Waals surface area contributed by atoms with E-state index in [4.69, 9.17) is 4.74 Å². The second-order valence-corrected chi connectivity index (χ2v) is 14.2. The van der Waals surface area contributed by atoms with Crippen LogP contribution in [0.25, 0.3) is 0 Å². The van der Waals surface area contributed by atoms with Crippen molar-refractivity contribution in [2.45, 2.75) is 231 Å². The summed E-state index contributed by atoms with van der Waals surface area (Å²) in [5, 5.41) is 3.22. The lowest BCUT2D eigenvalue weighted by Gasteiger charge is -2.31. The molecule has 1 rings (SSSR count). The van der Waals surface area contributed by atoms with Crippen molar-refractivity contribution >= 4 is 11.9 Å². The van der Waals surface area contributed by atoms with Crippen molar-refractivity contribution in [1.29, 1.82) is 0 Å². The topological polar surface area (TPSA) is 55.4 Å². The number of hydrogen-bond donors (Lipinski definition) is 1. The van der Waals surface area contributed by atoms with Gasteiger partial charge in [0.2, 0.25) is 5.91 Å². The van der Waals surface area contributed by atoms with Crippen LogP contribution in [0, 0.1) is 0 Å². The summed E-state index contributed by atoms with van der Waals surface area (Å²) in [6.45, 7) is 4.54. The van der Waals surface area contributed by atoms with Gasteiger partial charge in [-0.2, -0.15) is 0 Å². The maximum Gasteiger partial charge on any atom is 0.306 e. The number of hydrogen-bond acceptors (Lipinski definition) is 3. The van der Waals surface area contributed by atoms with Gasteiger partial charge >= 0.3 is 5.97 Å². The minimum Gasteiger partial charge on any atom is -0.460 e. The van der Waals surface area contributed by atoms with Crippen molar-refractivity contribution in [2.24, 2.45) is 0 Å². The van der Waals surface area contributed by atoms with E-state index in [-0.39, 0.29) is 24.0 Å². The van der Waals surface area contributed by atoms with Gasteiger partial charge < -0.3 is 10.1 Å². The third kappa shape index (κ3) is 27.5. The molecule has 0 saturated heterocycles. The first-order valence-corrected chi connectivity index (χ1v) is 20.5. The number of rotatable bonds is 32. The highest BCUT2D eigenvalue weighted by atomic mass is 16.5. The Morgan fingerprint density at radius 3 is 1.39 bits per heavy atom. The van der Waals surface area contributed by atoms with Crippen LogP contribution in [0.3, 0.4) is 0 Å². The molecule has 0 radical (unpaired) electrons. The second-order valence-electron chi connectivity index (χ2n) is 14.2. The van der Waals surface area contributed by atoms with Crippen molar-refractivity contribution in [1.82, 2.24) is 5.32 Å². The zero-order chi connectivity index (χ0) is 33.2. The first-order chi connectivity index (χ1) is 22.7. The van der Waals surface area contributed by atoms with E-state index in [2.05, 4.69) is 43.5 Å². The van der Waals surface area contributed by atoms with Crippen molar-refractivity contribution in [2.75, 3.05) is 0 Å². The van der Waals surface area contributed by atoms with Gasteiger partial charge in [0.15, 0.2) is 0 Å². The summed E-state index contributed by atoms with van der Waals surface area (Å²) in [6.07, 6.45) is 47.1. The molecule has 1 amide bonds. The molecule has 0 aromatic rings. The average Bonchev–Trinajstić information content (AvgIpc) is 3.05. The first-order valence-electron chi connectivity index (χ1n) is 20.5. The third-order valence-electron chi connectivity index (χ3n) is 9.64. The molecule has 1 N–H and O–H groups in total. The Labute approximate surface area is 286 Å². The van der Waals surface area contributed by atoms with Crippen molar-refractivity contribution in [3.63, 3.8) is 0 Å². The Kier molecular flexibility index (Phi) is 30.7. The molecule has 1 aliphatic carbocycles. The quantitative estimate of drug-likeness (QED) is 0.0451. The molecule has 4 nitrogen and oxygen atoms in total. The van der Waals surface area contributed by atoms with Crippen LogP contribution in [-0.4, -0.2) is 24.0 Å². The largest absolute Gasteiger partial charge is 0.460 e. The number of nitrogens with one attached hydrogen (secondary N) is 1. The molecule has 0 aromatic heterocycles. The Hall–Kier alpha value is -1.58. The molecule has 0 spiro atoms. The Balaban J connectivity index is 2.00. The molecule has 0 aliphatic heterocycles. The maximum atomic E-state index is 12.6. The van der Waals surface area contributed by atoms with E-state index in [1.165, 1.54) is 141 Å². The zero-order valence-corrected chi connectivity index (χ0v) is 30.8. The highest BCUT2D eigenvalue weighted by Gasteiger charge is 2.29. The molecule has 0 unspecified atom stereocenters. The third-order valence-corrected chi connectivity index (χ3v) is 9.64. The van der Waals surface area contributed by atoms with Crippen molar-refractivity contribution < 1.29 is 14.3 Å². The monoisotopic (exact) mass is 644 g/mol. The molecule has 0 aromatic carbocycles. The summed E-state index contributed by atoms with van der Waals surface area (Å²) < 4.78 is 5.89. The molecule has 1 saturated carbocycles. The van der Waals surface area contributed by atoms with E-state index in [0.717, 1.165) is 51.4 Å². The number of unbranched alkanes of at least 4 members (excludes halogenated alkanes) is 22. The highest BCUT2D eigenvalue weighted by molar-refractivity contribution is 5.76. The van der Waals surface area contributed by atoms with Gasteiger partial charge in [-0.3, -0.25) is 9.59 Å². The van der Waals surface area contributed by atoms with Crippen LogP contribution in [0.4, 0.5) is 0 Å². The van der Waals surface area contributed by atoms with Crippen LogP contribution in [0.2, 0.25) is 0 Å². The fourth-order valence-corrected chi connectivity index (χ4v) is 6.61. The van der Waals surface area contributed by atoms with Crippen LogP contribution in [0.1, 0.15) is 219 Å². The van der Waals surface area contributed by atoms with Crippen LogP contribution in [-0.2, 0) is 14.3 Å². The summed E-state index contributed by atoms with van der Waals surface area (Å²) in [4.78, 5) is 25.2. The summed E-state index contributed by atoms with van der Waals surface area (Å²) in [5.74, 6) is 0.0452. The van der Waals surface area contributed by atoms with Crippen molar-refractivity contribution in [3.8, 4) is 0 Å². The molecule has 268 valence electrons. The van der Waals surface area contributed by atoms with Gasteiger partial charge in [-0.15, -0.1) is 0 Å². The fourth-order valence-electron chi connectivity index (χ4n) is 6.61. The predicted octanol–water partition coefficient (Wildman–Crippen LogP) is 13.0. The van der Waals surface area contributed by atoms with Crippen LogP contribution in [0.15, 0.2) is 24.3 Å². The first kappa shape index (κ1) is 42.4. The molecule has 1 aliphatic rings. The number of esters is 1. The maximum absolute atomic E-state index is 12.6. The SMILES string of the molecule is CCCCCCCCC=CCCCCCCCC(=O)N[C@@H]1CCCC[C@H]1OC(=O)CCCCCCCC=CCCCCCCCC. The minimum atomic E-state index is -0.151. The molecule has 0 bridgehead atoms. The van der Waals surface area contributed by atoms with Crippen LogP contribution in [0.5, 0.6) is 0 Å². The fraction of sp³-hybridized carbons (Fsp3) is 0.857. The lowest BCUT2D eigenvalue weighted by molar-refractivity contribution is -0.153. The number of carbonyl (C=O) groups excluding carboxylic acids is 2. The van der Waals surface area contributed by atoms with Crippen molar-refractivity contribution in [3.05, 3.63) is 24.3 Å². The van der Waals surface area contributed by atoms with Gasteiger partial charge in [-0.1, -0.05) is 147 Å². The zero-order valence-electron chi connectivity index (χ0n) is 30.8. The minimum absolute atomic E-state index is 0.0116. The standard InChI is InChI=1S/C42H77NO3/c1-3-5-7-9-11-13-15-17-19-21-23-25-27-29-31-37-41(44)43-39-35-33-34-36-40(39)46-42(45)38-32-30-28-26-24-22-20-18-16-14-12-10-8-6-4-2/h17-20,39-40H,3-16,21-38H2,1-2H3,(H,43,44)/t39-,40-/m1/s1. The molecular weight excluding hydrogens is 566 g/mol. The summed E-state index contributed by atoms with van der Waals surface area (Å²) >= 11 is 0.